The molecule has 0 saturated heterocycles. The molecule has 1 aromatic rings. The van der Waals surface area contributed by atoms with Crippen LogP contribution in [0.3, 0.4) is 0 Å². The van der Waals surface area contributed by atoms with Crippen molar-refractivity contribution < 1.29 is 4.74 Å². The van der Waals surface area contributed by atoms with Crippen LogP contribution in [-0.2, 0) is 6.42 Å². The number of ether oxygens (including phenoxy) is 1. The fourth-order valence-corrected chi connectivity index (χ4v) is 2.64. The minimum Gasteiger partial charge on any atom is -0.496 e. The molecule has 3 heteroatoms. The third-order valence-corrected chi connectivity index (χ3v) is 3.54. The Morgan fingerprint density at radius 2 is 2.29 bits per heavy atom. The van der Waals surface area contributed by atoms with Crippen LogP contribution in [0.1, 0.15) is 30.0 Å². The zero-order valence-corrected chi connectivity index (χ0v) is 9.80. The van der Waals surface area contributed by atoms with E-state index in [1.165, 1.54) is 17.5 Å². The molecule has 1 aliphatic carbocycles. The molecule has 0 saturated carbocycles. The van der Waals surface area contributed by atoms with Crippen LogP contribution in [0.25, 0.3) is 0 Å². The van der Waals surface area contributed by atoms with Gasteiger partial charge in [-0.05, 0) is 37.0 Å². The summed E-state index contributed by atoms with van der Waals surface area (Å²) in [4.78, 5) is 0. The predicted molar refractivity (Wildman–Crippen MR) is 60.6 cm³/mol. The summed E-state index contributed by atoms with van der Waals surface area (Å²) >= 11 is 3.56. The first-order valence-electron chi connectivity index (χ1n) is 4.85. The number of methoxy groups -OCH3 is 1. The Morgan fingerprint density at radius 1 is 1.50 bits per heavy atom. The SMILES string of the molecule is COc1ccc(Br)c2c1C(N)CCC2. The van der Waals surface area contributed by atoms with E-state index in [0.29, 0.717) is 0 Å². The zero-order valence-electron chi connectivity index (χ0n) is 8.22. The van der Waals surface area contributed by atoms with Crippen LogP contribution >= 0.6 is 15.9 Å². The van der Waals surface area contributed by atoms with Gasteiger partial charge in [-0.2, -0.15) is 0 Å². The van der Waals surface area contributed by atoms with Crippen LogP contribution in [0, 0.1) is 0 Å². The number of benzene rings is 1. The molecule has 2 rings (SSSR count). The first-order valence-corrected chi connectivity index (χ1v) is 5.64. The van der Waals surface area contributed by atoms with Crippen LogP contribution in [0.2, 0.25) is 0 Å². The van der Waals surface area contributed by atoms with Crippen LogP contribution in [0.4, 0.5) is 0 Å². The Kier molecular flexibility index (Phi) is 2.79. The largest absolute Gasteiger partial charge is 0.496 e. The lowest BCUT2D eigenvalue weighted by Gasteiger charge is -2.25. The maximum atomic E-state index is 6.09. The Balaban J connectivity index is 2.58. The molecule has 0 radical (unpaired) electrons. The molecule has 0 spiro atoms. The van der Waals surface area contributed by atoms with Crippen LogP contribution in [-0.4, -0.2) is 7.11 Å². The van der Waals surface area contributed by atoms with Gasteiger partial charge in [0.1, 0.15) is 5.75 Å². The van der Waals surface area contributed by atoms with Crippen molar-refractivity contribution in [1.82, 2.24) is 0 Å². The van der Waals surface area contributed by atoms with E-state index in [4.69, 9.17) is 10.5 Å². The van der Waals surface area contributed by atoms with Crippen LogP contribution < -0.4 is 10.5 Å². The van der Waals surface area contributed by atoms with Crippen molar-refractivity contribution in [3.63, 3.8) is 0 Å². The van der Waals surface area contributed by atoms with E-state index in [0.717, 1.165) is 23.1 Å². The lowest BCUT2D eigenvalue weighted by atomic mass is 9.87. The smallest absolute Gasteiger partial charge is 0.123 e. The summed E-state index contributed by atoms with van der Waals surface area (Å²) in [6, 6.07) is 4.15. The van der Waals surface area contributed by atoms with Gasteiger partial charge in [0.2, 0.25) is 0 Å². The summed E-state index contributed by atoms with van der Waals surface area (Å²) in [5, 5.41) is 0. The second kappa shape index (κ2) is 3.91. The number of rotatable bonds is 1. The molecule has 0 bridgehead atoms. The molecule has 0 aromatic heterocycles. The average molecular weight is 256 g/mol. The molecular formula is C11H14BrNO. The van der Waals surface area contributed by atoms with E-state index in [1.54, 1.807) is 7.11 Å². The quantitative estimate of drug-likeness (QED) is 0.838. The van der Waals surface area contributed by atoms with E-state index in [9.17, 15) is 0 Å². The Labute approximate surface area is 92.6 Å². The minimum absolute atomic E-state index is 0.131. The summed E-state index contributed by atoms with van der Waals surface area (Å²) in [5.74, 6) is 0.926. The first kappa shape index (κ1) is 9.99. The van der Waals surface area contributed by atoms with E-state index in [-0.39, 0.29) is 6.04 Å². The lowest BCUT2D eigenvalue weighted by molar-refractivity contribution is 0.398. The van der Waals surface area contributed by atoms with Gasteiger partial charge in [0.15, 0.2) is 0 Å². The molecule has 1 aliphatic rings. The summed E-state index contributed by atoms with van der Waals surface area (Å²) in [6.07, 6.45) is 3.32. The van der Waals surface area contributed by atoms with Crippen LogP contribution in [0.15, 0.2) is 16.6 Å². The fraction of sp³-hybridized carbons (Fsp3) is 0.455. The van der Waals surface area contributed by atoms with Gasteiger partial charge >= 0.3 is 0 Å². The second-order valence-electron chi connectivity index (χ2n) is 3.64. The van der Waals surface area contributed by atoms with Gasteiger partial charge in [-0.15, -0.1) is 0 Å². The molecule has 0 heterocycles. The summed E-state index contributed by atoms with van der Waals surface area (Å²) in [5.41, 5.74) is 8.60. The highest BCUT2D eigenvalue weighted by atomic mass is 79.9. The average Bonchev–Trinajstić information content (AvgIpc) is 2.20. The van der Waals surface area contributed by atoms with Crippen LogP contribution in [0.5, 0.6) is 5.75 Å². The summed E-state index contributed by atoms with van der Waals surface area (Å²) in [7, 11) is 1.70. The molecule has 2 N–H and O–H groups in total. The predicted octanol–water partition coefficient (Wildman–Crippen LogP) is 2.79. The summed E-state index contributed by atoms with van der Waals surface area (Å²) in [6.45, 7) is 0. The van der Waals surface area contributed by atoms with E-state index in [2.05, 4.69) is 15.9 Å². The van der Waals surface area contributed by atoms with Crippen molar-refractivity contribution in [3.05, 3.63) is 27.7 Å². The molecule has 0 aliphatic heterocycles. The normalized spacial score (nSPS) is 20.4. The maximum absolute atomic E-state index is 6.09. The highest BCUT2D eigenvalue weighted by molar-refractivity contribution is 9.10. The van der Waals surface area contributed by atoms with Gasteiger partial charge in [-0.1, -0.05) is 15.9 Å². The van der Waals surface area contributed by atoms with Crippen molar-refractivity contribution in [1.29, 1.82) is 0 Å². The van der Waals surface area contributed by atoms with E-state index >= 15 is 0 Å². The Hall–Kier alpha value is -0.540. The molecule has 0 amide bonds. The van der Waals surface area contributed by atoms with Gasteiger partial charge in [-0.25, -0.2) is 0 Å². The number of hydrogen-bond donors (Lipinski definition) is 1. The van der Waals surface area contributed by atoms with Gasteiger partial charge in [0.05, 0.1) is 7.11 Å². The standard InChI is InChI=1S/C11H14BrNO/c1-14-10-6-5-8(12)7-3-2-4-9(13)11(7)10/h5-6,9H,2-4,13H2,1H3. The van der Waals surface area contributed by atoms with E-state index < -0.39 is 0 Å². The van der Waals surface area contributed by atoms with Crippen molar-refractivity contribution in [2.45, 2.75) is 25.3 Å². The molecule has 2 nitrogen and oxygen atoms in total. The summed E-state index contributed by atoms with van der Waals surface area (Å²) < 4.78 is 6.49. The van der Waals surface area contributed by atoms with Gasteiger partial charge < -0.3 is 10.5 Å². The highest BCUT2D eigenvalue weighted by Gasteiger charge is 2.22. The van der Waals surface area contributed by atoms with Crippen molar-refractivity contribution >= 4 is 15.9 Å². The first-order chi connectivity index (χ1) is 6.74. The molecule has 76 valence electrons. The van der Waals surface area contributed by atoms with Crippen molar-refractivity contribution in [3.8, 4) is 5.75 Å². The second-order valence-corrected chi connectivity index (χ2v) is 4.49. The topological polar surface area (TPSA) is 35.2 Å². The Bertz CT molecular complexity index is 351. The third-order valence-electron chi connectivity index (χ3n) is 2.79. The zero-order chi connectivity index (χ0) is 10.1. The van der Waals surface area contributed by atoms with Gasteiger partial charge in [-0.3, -0.25) is 0 Å². The third kappa shape index (κ3) is 1.55. The molecule has 1 atom stereocenters. The molecule has 0 fully saturated rings. The van der Waals surface area contributed by atoms with Gasteiger partial charge in [0, 0.05) is 16.1 Å². The minimum atomic E-state index is 0.131. The monoisotopic (exact) mass is 255 g/mol. The number of hydrogen-bond acceptors (Lipinski definition) is 2. The molecule has 1 aromatic carbocycles. The van der Waals surface area contributed by atoms with E-state index in [1.807, 2.05) is 12.1 Å². The molecule has 1 unspecified atom stereocenters. The number of halogens is 1. The maximum Gasteiger partial charge on any atom is 0.123 e. The number of fused-ring (bicyclic) bond motifs is 1. The molecular weight excluding hydrogens is 242 g/mol. The lowest BCUT2D eigenvalue weighted by Crippen LogP contribution is -2.18. The number of nitrogens with two attached hydrogens (primary N) is 1. The Morgan fingerprint density at radius 3 is 3.00 bits per heavy atom. The highest BCUT2D eigenvalue weighted by Crippen LogP contribution is 2.38. The van der Waals surface area contributed by atoms with Crippen molar-refractivity contribution in [2.75, 3.05) is 7.11 Å². The fourth-order valence-electron chi connectivity index (χ4n) is 2.10. The van der Waals surface area contributed by atoms with Gasteiger partial charge in [0.25, 0.3) is 0 Å². The molecule has 14 heavy (non-hydrogen) atoms. The van der Waals surface area contributed by atoms with Crippen molar-refractivity contribution in [2.24, 2.45) is 5.73 Å².